The number of nitrogens with zero attached hydrogens (tertiary/aromatic N) is 2. The summed E-state index contributed by atoms with van der Waals surface area (Å²) < 4.78 is 10.6. The highest BCUT2D eigenvalue weighted by Gasteiger charge is 2.48. The lowest BCUT2D eigenvalue weighted by atomic mass is 9.73. The Morgan fingerprint density at radius 3 is 2.45 bits per heavy atom. The van der Waals surface area contributed by atoms with Crippen LogP contribution in [-0.2, 0) is 9.47 Å². The normalized spacial score (nSPS) is 29.9. The first kappa shape index (κ1) is 24.1. The van der Waals surface area contributed by atoms with Gasteiger partial charge in [0.25, 0.3) is 0 Å². The summed E-state index contributed by atoms with van der Waals surface area (Å²) in [4.78, 5) is 29.2. The van der Waals surface area contributed by atoms with Crippen LogP contribution in [-0.4, -0.2) is 79.5 Å². The highest BCUT2D eigenvalue weighted by atomic mass is 16.6. The minimum Gasteiger partial charge on any atom is -0.453 e. The van der Waals surface area contributed by atoms with Gasteiger partial charge in [-0.25, -0.2) is 9.59 Å². The molecule has 0 spiro atoms. The SMILES string of the molecule is COC(=O)N1C2CCC(C(CN)CNCC3CCC3)CC2N(C(=O)OC(C)C)C[C@@H]1C. The summed E-state index contributed by atoms with van der Waals surface area (Å²) in [5, 5.41) is 3.64. The van der Waals surface area contributed by atoms with Crippen LogP contribution in [0.15, 0.2) is 0 Å². The molecule has 3 aliphatic rings. The Morgan fingerprint density at radius 1 is 1.13 bits per heavy atom. The molecular formula is C23H42N4O4. The lowest BCUT2D eigenvalue weighted by Crippen LogP contribution is -2.67. The smallest absolute Gasteiger partial charge is 0.410 e. The van der Waals surface area contributed by atoms with Crippen LogP contribution in [0.1, 0.15) is 59.3 Å². The quantitative estimate of drug-likeness (QED) is 0.634. The fourth-order valence-corrected chi connectivity index (χ4v) is 5.60. The summed E-state index contributed by atoms with van der Waals surface area (Å²) in [7, 11) is 1.42. The molecule has 2 aliphatic carbocycles. The molecule has 2 saturated carbocycles. The van der Waals surface area contributed by atoms with Crippen LogP contribution in [0.25, 0.3) is 0 Å². The molecular weight excluding hydrogens is 396 g/mol. The van der Waals surface area contributed by atoms with E-state index in [0.717, 1.165) is 38.3 Å². The van der Waals surface area contributed by atoms with Gasteiger partial charge in [-0.05, 0) is 90.3 Å². The first-order valence-corrected chi connectivity index (χ1v) is 12.1. The van der Waals surface area contributed by atoms with Gasteiger partial charge in [-0.1, -0.05) is 6.42 Å². The van der Waals surface area contributed by atoms with Gasteiger partial charge in [0.1, 0.15) is 0 Å². The minimum absolute atomic E-state index is 0.0477. The minimum atomic E-state index is -0.310. The number of carbonyl (C=O) groups excluding carboxylic acids is 2. The average Bonchev–Trinajstić information content (AvgIpc) is 2.70. The Bertz CT molecular complexity index is 612. The van der Waals surface area contributed by atoms with Crippen molar-refractivity contribution in [3.63, 3.8) is 0 Å². The first-order chi connectivity index (χ1) is 14.8. The molecule has 178 valence electrons. The fraction of sp³-hybridized carbons (Fsp3) is 0.913. The van der Waals surface area contributed by atoms with Crippen molar-refractivity contribution in [2.45, 2.75) is 83.5 Å². The van der Waals surface area contributed by atoms with E-state index < -0.39 is 0 Å². The van der Waals surface area contributed by atoms with E-state index in [-0.39, 0.29) is 36.4 Å². The maximum absolute atomic E-state index is 12.9. The third-order valence-corrected chi connectivity index (χ3v) is 7.51. The third kappa shape index (κ3) is 5.64. The van der Waals surface area contributed by atoms with Gasteiger partial charge in [0.2, 0.25) is 0 Å². The monoisotopic (exact) mass is 438 g/mol. The number of fused-ring (bicyclic) bond motifs is 1. The Balaban J connectivity index is 1.71. The number of hydrogen-bond acceptors (Lipinski definition) is 6. The Hall–Kier alpha value is -1.54. The molecule has 1 aliphatic heterocycles. The Kier molecular flexibility index (Phi) is 8.44. The van der Waals surface area contributed by atoms with Crippen LogP contribution >= 0.6 is 0 Å². The number of piperazine rings is 1. The van der Waals surface area contributed by atoms with Crippen molar-refractivity contribution in [3.05, 3.63) is 0 Å². The lowest BCUT2D eigenvalue weighted by Gasteiger charge is -2.53. The summed E-state index contributed by atoms with van der Waals surface area (Å²) in [6, 6.07) is -0.228. The van der Waals surface area contributed by atoms with Gasteiger partial charge >= 0.3 is 12.2 Å². The summed E-state index contributed by atoms with van der Waals surface area (Å²) in [6.45, 7) is 8.80. The Morgan fingerprint density at radius 2 is 1.87 bits per heavy atom. The molecule has 0 bridgehead atoms. The second-order valence-electron chi connectivity index (χ2n) is 9.97. The molecule has 5 atom stereocenters. The number of amides is 2. The molecule has 4 unspecified atom stereocenters. The second-order valence-corrected chi connectivity index (χ2v) is 9.97. The van der Waals surface area contributed by atoms with Gasteiger partial charge in [0.05, 0.1) is 31.3 Å². The average molecular weight is 439 g/mol. The van der Waals surface area contributed by atoms with E-state index in [1.807, 2.05) is 30.6 Å². The molecule has 2 amide bonds. The first-order valence-electron chi connectivity index (χ1n) is 12.1. The molecule has 0 aromatic heterocycles. The van der Waals surface area contributed by atoms with Crippen molar-refractivity contribution < 1.29 is 19.1 Å². The van der Waals surface area contributed by atoms with Crippen molar-refractivity contribution in [2.24, 2.45) is 23.5 Å². The van der Waals surface area contributed by atoms with Crippen LogP contribution in [0, 0.1) is 17.8 Å². The maximum atomic E-state index is 12.9. The summed E-state index contributed by atoms with van der Waals surface area (Å²) in [5.74, 6) is 1.61. The molecule has 1 heterocycles. The number of rotatable bonds is 7. The van der Waals surface area contributed by atoms with Crippen LogP contribution in [0.4, 0.5) is 9.59 Å². The number of nitrogens with one attached hydrogen (secondary N) is 1. The van der Waals surface area contributed by atoms with Crippen molar-refractivity contribution in [3.8, 4) is 0 Å². The highest BCUT2D eigenvalue weighted by molar-refractivity contribution is 5.71. The van der Waals surface area contributed by atoms with E-state index in [1.165, 1.54) is 26.4 Å². The van der Waals surface area contributed by atoms with Gasteiger partial charge in [0.15, 0.2) is 0 Å². The van der Waals surface area contributed by atoms with Gasteiger partial charge < -0.3 is 25.4 Å². The fourth-order valence-electron chi connectivity index (χ4n) is 5.60. The third-order valence-electron chi connectivity index (χ3n) is 7.51. The van der Waals surface area contributed by atoms with Gasteiger partial charge in [-0.3, -0.25) is 4.90 Å². The molecule has 3 rings (SSSR count). The molecule has 8 nitrogen and oxygen atoms in total. The van der Waals surface area contributed by atoms with Crippen LogP contribution in [0.5, 0.6) is 0 Å². The molecule has 31 heavy (non-hydrogen) atoms. The number of nitrogens with two attached hydrogens (primary N) is 1. The Labute approximate surface area is 187 Å². The second kappa shape index (κ2) is 10.9. The summed E-state index contributed by atoms with van der Waals surface area (Å²) in [5.41, 5.74) is 6.18. The number of hydrogen-bond donors (Lipinski definition) is 2. The zero-order valence-electron chi connectivity index (χ0n) is 19.7. The predicted octanol–water partition coefficient (Wildman–Crippen LogP) is 2.81. The van der Waals surface area contributed by atoms with E-state index >= 15 is 0 Å². The molecule has 0 aromatic rings. The lowest BCUT2D eigenvalue weighted by molar-refractivity contribution is -0.0448. The molecule has 0 radical (unpaired) electrons. The standard InChI is InChI=1S/C23H42N4O4/c1-15(2)31-22(28)26-14-16(3)27(23(29)30-4)20-9-8-18(10-21(20)26)19(11-24)13-25-12-17-6-5-7-17/h15-21,25H,5-14,24H2,1-4H3/t16-,18?,19?,20?,21?/m0/s1. The molecule has 0 aromatic carbocycles. The summed E-state index contributed by atoms with van der Waals surface area (Å²) >= 11 is 0. The van der Waals surface area contributed by atoms with Crippen LogP contribution in [0.2, 0.25) is 0 Å². The number of methoxy groups -OCH3 is 1. The molecule has 1 saturated heterocycles. The van der Waals surface area contributed by atoms with E-state index in [4.69, 9.17) is 15.2 Å². The number of carbonyl (C=O) groups is 2. The predicted molar refractivity (Wildman–Crippen MR) is 120 cm³/mol. The maximum Gasteiger partial charge on any atom is 0.410 e. The zero-order chi connectivity index (χ0) is 22.5. The van der Waals surface area contributed by atoms with Gasteiger partial charge in [-0.2, -0.15) is 0 Å². The zero-order valence-corrected chi connectivity index (χ0v) is 19.7. The van der Waals surface area contributed by atoms with Crippen molar-refractivity contribution >= 4 is 12.2 Å². The number of ether oxygens (including phenoxy) is 2. The van der Waals surface area contributed by atoms with Crippen LogP contribution in [0.3, 0.4) is 0 Å². The van der Waals surface area contributed by atoms with Crippen molar-refractivity contribution in [2.75, 3.05) is 33.3 Å². The molecule has 3 fully saturated rings. The summed E-state index contributed by atoms with van der Waals surface area (Å²) in [6.07, 6.45) is 5.95. The van der Waals surface area contributed by atoms with Crippen molar-refractivity contribution in [1.82, 2.24) is 15.1 Å². The highest BCUT2D eigenvalue weighted by Crippen LogP contribution is 2.39. The van der Waals surface area contributed by atoms with E-state index in [1.54, 1.807) is 0 Å². The van der Waals surface area contributed by atoms with Gasteiger partial charge in [0, 0.05) is 6.54 Å². The molecule has 3 N–H and O–H groups in total. The van der Waals surface area contributed by atoms with E-state index in [2.05, 4.69) is 5.32 Å². The molecule has 8 heteroatoms. The van der Waals surface area contributed by atoms with Crippen LogP contribution < -0.4 is 11.1 Å². The van der Waals surface area contributed by atoms with E-state index in [0.29, 0.717) is 24.9 Å². The van der Waals surface area contributed by atoms with Gasteiger partial charge in [-0.15, -0.1) is 0 Å². The topological polar surface area (TPSA) is 97.1 Å². The van der Waals surface area contributed by atoms with Crippen molar-refractivity contribution in [1.29, 1.82) is 0 Å². The largest absolute Gasteiger partial charge is 0.453 e. The van der Waals surface area contributed by atoms with E-state index in [9.17, 15) is 9.59 Å².